The van der Waals surface area contributed by atoms with E-state index in [1.54, 1.807) is 17.7 Å². The third-order valence-corrected chi connectivity index (χ3v) is 5.76. The molecule has 0 aliphatic rings. The van der Waals surface area contributed by atoms with Crippen molar-refractivity contribution in [1.82, 2.24) is 14.6 Å². The van der Waals surface area contributed by atoms with E-state index >= 15 is 0 Å². The molecule has 168 valence electrons. The summed E-state index contributed by atoms with van der Waals surface area (Å²) in [6, 6.07) is 31.6. The molecule has 6 nitrogen and oxygen atoms in total. The third kappa shape index (κ3) is 4.66. The summed E-state index contributed by atoms with van der Waals surface area (Å²) in [5, 5.41) is 7.39. The van der Waals surface area contributed by atoms with Crippen LogP contribution in [0.15, 0.2) is 103 Å². The first-order chi connectivity index (χ1) is 16.7. The number of carbonyl (C=O) groups is 1. The number of anilines is 1. The van der Waals surface area contributed by atoms with Crippen molar-refractivity contribution in [1.29, 1.82) is 0 Å². The lowest BCUT2D eigenvalue weighted by molar-refractivity contribution is -0.116. The zero-order valence-corrected chi connectivity index (χ0v) is 18.8. The second-order valence-electron chi connectivity index (χ2n) is 8.01. The number of amides is 1. The molecule has 5 rings (SSSR count). The van der Waals surface area contributed by atoms with E-state index in [2.05, 4.69) is 39.7 Å². The van der Waals surface area contributed by atoms with E-state index in [0.29, 0.717) is 12.3 Å². The Labute approximate surface area is 197 Å². The van der Waals surface area contributed by atoms with Gasteiger partial charge < -0.3 is 10.1 Å². The lowest BCUT2D eigenvalue weighted by Gasteiger charge is -2.18. The molecule has 34 heavy (non-hydrogen) atoms. The Morgan fingerprint density at radius 3 is 2.15 bits per heavy atom. The lowest BCUT2D eigenvalue weighted by atomic mass is 9.88. The van der Waals surface area contributed by atoms with Crippen molar-refractivity contribution in [2.75, 3.05) is 12.4 Å². The van der Waals surface area contributed by atoms with Crippen LogP contribution in [-0.4, -0.2) is 27.6 Å². The molecule has 0 aliphatic carbocycles. The minimum atomic E-state index is -0.0329. The van der Waals surface area contributed by atoms with E-state index in [-0.39, 0.29) is 11.8 Å². The van der Waals surface area contributed by atoms with Gasteiger partial charge in [-0.05, 0) is 29.3 Å². The van der Waals surface area contributed by atoms with Crippen molar-refractivity contribution in [2.45, 2.75) is 12.3 Å². The molecule has 1 N–H and O–H groups in total. The monoisotopic (exact) mass is 448 g/mol. The summed E-state index contributed by atoms with van der Waals surface area (Å²) >= 11 is 0. The van der Waals surface area contributed by atoms with Crippen molar-refractivity contribution in [3.63, 3.8) is 0 Å². The summed E-state index contributed by atoms with van der Waals surface area (Å²) in [7, 11) is 1.58. The van der Waals surface area contributed by atoms with E-state index in [4.69, 9.17) is 4.74 Å². The number of carbonyl (C=O) groups excluding carboxylic acids is 1. The first kappa shape index (κ1) is 21.4. The number of ether oxygens (including phenoxy) is 1. The van der Waals surface area contributed by atoms with Crippen LogP contribution in [0.2, 0.25) is 0 Å². The van der Waals surface area contributed by atoms with Gasteiger partial charge in [0.15, 0.2) is 5.65 Å². The minimum Gasteiger partial charge on any atom is -0.480 e. The summed E-state index contributed by atoms with van der Waals surface area (Å²) < 4.78 is 6.87. The first-order valence-electron chi connectivity index (χ1n) is 11.1. The first-order valence-corrected chi connectivity index (χ1v) is 11.1. The summed E-state index contributed by atoms with van der Waals surface area (Å²) in [6.45, 7) is 0. The van der Waals surface area contributed by atoms with E-state index in [1.165, 1.54) is 0 Å². The molecule has 6 heteroatoms. The number of nitrogens with one attached hydrogen (secondary N) is 1. The van der Waals surface area contributed by atoms with Gasteiger partial charge in [-0.25, -0.2) is 9.50 Å². The van der Waals surface area contributed by atoms with Gasteiger partial charge in [-0.3, -0.25) is 4.79 Å². The number of hydrogen-bond acceptors (Lipinski definition) is 4. The molecular formula is C28H24N4O2. The van der Waals surface area contributed by atoms with Gasteiger partial charge in [-0.2, -0.15) is 0 Å². The Kier molecular flexibility index (Phi) is 6.03. The van der Waals surface area contributed by atoms with Gasteiger partial charge in [0, 0.05) is 29.7 Å². The Hall–Kier alpha value is -4.45. The number of aromatic nitrogens is 3. The molecule has 3 aromatic carbocycles. The Bertz CT molecular complexity index is 1360. The third-order valence-electron chi connectivity index (χ3n) is 5.76. The van der Waals surface area contributed by atoms with Crippen molar-refractivity contribution < 1.29 is 9.53 Å². The average Bonchev–Trinajstić information content (AvgIpc) is 3.32. The van der Waals surface area contributed by atoms with Crippen molar-refractivity contribution in [3.05, 3.63) is 114 Å². The molecule has 0 spiro atoms. The van der Waals surface area contributed by atoms with E-state index in [0.717, 1.165) is 33.7 Å². The largest absolute Gasteiger partial charge is 0.480 e. The quantitative estimate of drug-likeness (QED) is 0.354. The smallest absolute Gasteiger partial charge is 0.231 e. The average molecular weight is 449 g/mol. The van der Waals surface area contributed by atoms with Gasteiger partial charge in [-0.1, -0.05) is 72.8 Å². The van der Waals surface area contributed by atoms with Crippen molar-refractivity contribution in [3.8, 4) is 17.1 Å². The standard InChI is InChI=1S/C28H24N4O2/c1-34-28-17-16-26-30-25(19-32(26)31-28)22-12-14-23(15-13-22)29-27(33)18-24(20-8-4-2-5-9-20)21-10-6-3-7-11-21/h2-17,19,24H,18H2,1H3,(H,29,33). The van der Waals surface area contributed by atoms with Crippen LogP contribution < -0.4 is 10.1 Å². The molecule has 0 saturated carbocycles. The molecule has 0 unspecified atom stereocenters. The fourth-order valence-electron chi connectivity index (χ4n) is 4.03. The van der Waals surface area contributed by atoms with Crippen LogP contribution in [0.4, 0.5) is 5.69 Å². The molecule has 2 heterocycles. The maximum Gasteiger partial charge on any atom is 0.231 e. The molecule has 5 aromatic rings. The summed E-state index contributed by atoms with van der Waals surface area (Å²) in [5.74, 6) is 0.484. The van der Waals surface area contributed by atoms with E-state index in [1.807, 2.05) is 72.9 Å². The molecule has 1 amide bonds. The van der Waals surface area contributed by atoms with Crippen LogP contribution in [0.1, 0.15) is 23.5 Å². The molecule has 0 atom stereocenters. The second kappa shape index (κ2) is 9.58. The minimum absolute atomic E-state index is 0.0101. The molecule has 0 radical (unpaired) electrons. The molecule has 0 saturated heterocycles. The van der Waals surface area contributed by atoms with Gasteiger partial charge in [0.2, 0.25) is 11.8 Å². The van der Waals surface area contributed by atoms with Gasteiger partial charge in [-0.15, -0.1) is 5.10 Å². The predicted molar refractivity (Wildman–Crippen MR) is 133 cm³/mol. The topological polar surface area (TPSA) is 68.5 Å². The van der Waals surface area contributed by atoms with Crippen LogP contribution in [0.3, 0.4) is 0 Å². The van der Waals surface area contributed by atoms with Gasteiger partial charge in [0.1, 0.15) is 0 Å². The van der Waals surface area contributed by atoms with Gasteiger partial charge >= 0.3 is 0 Å². The van der Waals surface area contributed by atoms with Crippen LogP contribution in [-0.2, 0) is 4.79 Å². The number of methoxy groups -OCH3 is 1. The summed E-state index contributed by atoms with van der Waals surface area (Å²) in [4.78, 5) is 17.6. The number of hydrogen-bond donors (Lipinski definition) is 1. The highest BCUT2D eigenvalue weighted by atomic mass is 16.5. The van der Waals surface area contributed by atoms with Gasteiger partial charge in [0.25, 0.3) is 0 Å². The lowest BCUT2D eigenvalue weighted by Crippen LogP contribution is -2.16. The van der Waals surface area contributed by atoms with E-state index < -0.39 is 0 Å². The number of nitrogens with zero attached hydrogens (tertiary/aromatic N) is 3. The number of rotatable bonds is 7. The fourth-order valence-corrected chi connectivity index (χ4v) is 4.03. The fraction of sp³-hybridized carbons (Fsp3) is 0.107. The zero-order valence-electron chi connectivity index (χ0n) is 18.8. The SMILES string of the molecule is COc1ccc2nc(-c3ccc(NC(=O)CC(c4ccccc4)c4ccccc4)cc3)cn2n1. The van der Waals surface area contributed by atoms with E-state index in [9.17, 15) is 4.79 Å². The normalized spacial score (nSPS) is 11.0. The van der Waals surface area contributed by atoms with Crippen molar-refractivity contribution >= 4 is 17.2 Å². The predicted octanol–water partition coefficient (Wildman–Crippen LogP) is 5.57. The number of imidazole rings is 1. The number of benzene rings is 3. The van der Waals surface area contributed by atoms with Gasteiger partial charge in [0.05, 0.1) is 19.0 Å². The molecule has 2 aromatic heterocycles. The Morgan fingerprint density at radius 1 is 0.882 bits per heavy atom. The van der Waals surface area contributed by atoms with Crippen molar-refractivity contribution in [2.24, 2.45) is 0 Å². The highest BCUT2D eigenvalue weighted by Crippen LogP contribution is 2.29. The van der Waals surface area contributed by atoms with Crippen LogP contribution in [0, 0.1) is 0 Å². The zero-order chi connectivity index (χ0) is 23.3. The van der Waals surface area contributed by atoms with Crippen LogP contribution in [0.5, 0.6) is 5.88 Å². The highest BCUT2D eigenvalue weighted by molar-refractivity contribution is 5.91. The second-order valence-corrected chi connectivity index (χ2v) is 8.01. The summed E-state index contributed by atoms with van der Waals surface area (Å²) in [6.07, 6.45) is 2.21. The van der Waals surface area contributed by atoms with Crippen LogP contribution >= 0.6 is 0 Å². The van der Waals surface area contributed by atoms with Crippen LogP contribution in [0.25, 0.3) is 16.9 Å². The summed E-state index contributed by atoms with van der Waals surface area (Å²) in [5.41, 5.74) is 5.46. The Morgan fingerprint density at radius 2 is 1.53 bits per heavy atom. The maximum absolute atomic E-state index is 13.0. The molecule has 0 aliphatic heterocycles. The Balaban J connectivity index is 1.31. The molecular weight excluding hydrogens is 424 g/mol. The maximum atomic E-state index is 13.0. The molecule has 0 fully saturated rings. The highest BCUT2D eigenvalue weighted by Gasteiger charge is 2.18. The molecule has 0 bridgehead atoms. The number of fused-ring (bicyclic) bond motifs is 1.